The van der Waals surface area contributed by atoms with Crippen LogP contribution in [0.2, 0.25) is 5.02 Å². The lowest BCUT2D eigenvalue weighted by atomic mass is 10.1. The zero-order chi connectivity index (χ0) is 19.9. The molecule has 2 N–H and O–H groups in total. The van der Waals surface area contributed by atoms with Crippen molar-refractivity contribution >= 4 is 34.4 Å². The van der Waals surface area contributed by atoms with Gasteiger partial charge in [-0.3, -0.25) is 10.0 Å². The van der Waals surface area contributed by atoms with E-state index in [2.05, 4.69) is 52.6 Å². The van der Waals surface area contributed by atoms with Gasteiger partial charge in [-0.05, 0) is 48.6 Å². The molecule has 3 rings (SSSR count). The molecule has 0 aromatic heterocycles. The first-order valence-corrected chi connectivity index (χ1v) is 10.7. The van der Waals surface area contributed by atoms with Crippen molar-refractivity contribution in [3.8, 4) is 0 Å². The van der Waals surface area contributed by atoms with Gasteiger partial charge in [0, 0.05) is 37.7 Å². The Kier molecular flexibility index (Phi) is 7.57. The fourth-order valence-electron chi connectivity index (χ4n) is 3.31. The fourth-order valence-corrected chi connectivity index (χ4v) is 3.93. The minimum atomic E-state index is 0.700. The van der Waals surface area contributed by atoms with Crippen LogP contribution in [0.3, 0.4) is 0 Å². The summed E-state index contributed by atoms with van der Waals surface area (Å²) < 4.78 is 0. The van der Waals surface area contributed by atoms with Crippen LogP contribution >= 0.6 is 23.5 Å². The van der Waals surface area contributed by atoms with Gasteiger partial charge in [0.1, 0.15) is 0 Å². The minimum Gasteiger partial charge on any atom is -0.348 e. The molecule has 148 valence electrons. The van der Waals surface area contributed by atoms with E-state index in [0.29, 0.717) is 10.7 Å². The molecule has 1 heterocycles. The van der Waals surface area contributed by atoms with Crippen LogP contribution in [0, 0.1) is 6.92 Å². The zero-order valence-electron chi connectivity index (χ0n) is 16.3. The van der Waals surface area contributed by atoms with E-state index in [9.17, 15) is 0 Å². The van der Waals surface area contributed by atoms with Crippen LogP contribution in [0.15, 0.2) is 60.1 Å². The van der Waals surface area contributed by atoms with Gasteiger partial charge in [-0.2, -0.15) is 0 Å². The molecule has 0 bridgehead atoms. The molecule has 28 heavy (non-hydrogen) atoms. The van der Waals surface area contributed by atoms with E-state index in [0.717, 1.165) is 49.9 Å². The van der Waals surface area contributed by atoms with Gasteiger partial charge in [-0.25, -0.2) is 4.99 Å². The first-order chi connectivity index (χ1) is 13.5. The van der Waals surface area contributed by atoms with Crippen molar-refractivity contribution in [3.63, 3.8) is 0 Å². The van der Waals surface area contributed by atoms with Crippen LogP contribution in [0.5, 0.6) is 0 Å². The van der Waals surface area contributed by atoms with Gasteiger partial charge in [0.25, 0.3) is 0 Å². The van der Waals surface area contributed by atoms with E-state index in [-0.39, 0.29) is 0 Å². The molecule has 0 atom stereocenters. The Balaban J connectivity index is 1.53. The number of benzene rings is 2. The van der Waals surface area contributed by atoms with Crippen LogP contribution in [-0.4, -0.2) is 47.7 Å². The summed E-state index contributed by atoms with van der Waals surface area (Å²) in [5.74, 6) is 0. The quantitative estimate of drug-likeness (QED) is 0.446. The predicted octanol–water partition coefficient (Wildman–Crippen LogP) is 4.44. The highest BCUT2D eigenvalue weighted by molar-refractivity contribution is 8.11. The highest BCUT2D eigenvalue weighted by atomic mass is 35.5. The summed E-state index contributed by atoms with van der Waals surface area (Å²) in [7, 11) is 0. The van der Waals surface area contributed by atoms with Gasteiger partial charge in [0.15, 0.2) is 5.17 Å². The van der Waals surface area contributed by atoms with E-state index in [4.69, 9.17) is 16.7 Å². The van der Waals surface area contributed by atoms with Crippen molar-refractivity contribution in [2.75, 3.05) is 32.7 Å². The summed E-state index contributed by atoms with van der Waals surface area (Å²) in [5, 5.41) is 7.43. The third-order valence-electron chi connectivity index (χ3n) is 4.96. The van der Waals surface area contributed by atoms with Crippen molar-refractivity contribution in [2.24, 2.45) is 10.1 Å². The Morgan fingerprint density at radius 2 is 1.86 bits per heavy atom. The van der Waals surface area contributed by atoms with E-state index in [1.165, 1.54) is 23.1 Å². The van der Waals surface area contributed by atoms with Crippen molar-refractivity contribution in [1.82, 2.24) is 9.80 Å². The Labute approximate surface area is 177 Å². The van der Waals surface area contributed by atoms with Crippen molar-refractivity contribution in [1.29, 1.82) is 0 Å². The first kappa shape index (κ1) is 20.9. The largest absolute Gasteiger partial charge is 0.348 e. The molecule has 2 aromatic rings. The van der Waals surface area contributed by atoms with Crippen LogP contribution < -0.4 is 5.14 Å². The highest BCUT2D eigenvalue weighted by Crippen LogP contribution is 2.20. The molecule has 1 fully saturated rings. The molecule has 0 unspecified atom stereocenters. The maximum absolute atomic E-state index is 5.95. The average molecular weight is 415 g/mol. The molecule has 1 aliphatic heterocycles. The Morgan fingerprint density at radius 1 is 1.14 bits per heavy atom. The summed E-state index contributed by atoms with van der Waals surface area (Å²) in [6, 6.07) is 16.3. The molecule has 0 saturated carbocycles. The lowest BCUT2D eigenvalue weighted by molar-refractivity contribution is 0.186. The van der Waals surface area contributed by atoms with Gasteiger partial charge < -0.3 is 4.90 Å². The van der Waals surface area contributed by atoms with Gasteiger partial charge >= 0.3 is 0 Å². The molecule has 1 aliphatic rings. The van der Waals surface area contributed by atoms with Gasteiger partial charge in [-0.15, -0.1) is 0 Å². The van der Waals surface area contributed by atoms with Crippen molar-refractivity contribution < 1.29 is 0 Å². The van der Waals surface area contributed by atoms with Crippen LogP contribution in [-0.2, 0) is 6.42 Å². The third kappa shape index (κ3) is 5.85. The van der Waals surface area contributed by atoms with E-state index < -0.39 is 0 Å². The van der Waals surface area contributed by atoms with Crippen molar-refractivity contribution in [2.45, 2.75) is 13.3 Å². The number of piperazine rings is 1. The Morgan fingerprint density at radius 3 is 2.50 bits per heavy atom. The average Bonchev–Trinajstić information content (AvgIpc) is 2.71. The second-order valence-corrected chi connectivity index (χ2v) is 8.07. The summed E-state index contributed by atoms with van der Waals surface area (Å²) in [5.41, 5.74) is 4.38. The predicted molar refractivity (Wildman–Crippen MR) is 123 cm³/mol. The molecule has 6 heteroatoms. The second kappa shape index (κ2) is 10.1. The van der Waals surface area contributed by atoms with Gasteiger partial charge in [-0.1, -0.05) is 60.1 Å². The maximum atomic E-state index is 5.95. The van der Waals surface area contributed by atoms with Gasteiger partial charge in [0.2, 0.25) is 0 Å². The lowest BCUT2D eigenvalue weighted by Gasteiger charge is -2.35. The molecule has 0 amide bonds. The summed E-state index contributed by atoms with van der Waals surface area (Å²) >= 11 is 7.14. The summed E-state index contributed by atoms with van der Waals surface area (Å²) in [6.07, 6.45) is 1.08. The lowest BCUT2D eigenvalue weighted by Crippen LogP contribution is -2.48. The van der Waals surface area contributed by atoms with Crippen LogP contribution in [0.1, 0.15) is 16.7 Å². The molecule has 1 saturated heterocycles. The number of hydrogen-bond acceptors (Lipinski definition) is 4. The van der Waals surface area contributed by atoms with E-state index in [1.807, 2.05) is 24.3 Å². The van der Waals surface area contributed by atoms with Crippen molar-refractivity contribution in [3.05, 3.63) is 76.8 Å². The monoisotopic (exact) mass is 414 g/mol. The number of nitrogens with two attached hydrogens (primary N) is 1. The SMILES string of the molecule is C=C(N=C(SN)N1CCN(CCc2cccc(C)c2)CC1)c1ccc(Cl)cc1. The fraction of sp³-hybridized carbons (Fsp3) is 0.318. The maximum Gasteiger partial charge on any atom is 0.179 e. The van der Waals surface area contributed by atoms with E-state index in [1.54, 1.807) is 0 Å². The molecular formula is C22H27ClN4S. The topological polar surface area (TPSA) is 44.9 Å². The third-order valence-corrected chi connectivity index (χ3v) is 5.77. The molecule has 0 radical (unpaired) electrons. The number of nitrogens with zero attached hydrogens (tertiary/aromatic N) is 3. The van der Waals surface area contributed by atoms with Crippen LogP contribution in [0.25, 0.3) is 5.70 Å². The number of rotatable bonds is 5. The number of halogens is 1. The second-order valence-electron chi connectivity index (χ2n) is 7.03. The standard InChI is InChI=1S/C22H27ClN4S/c1-17-4-3-5-19(16-17)10-11-26-12-14-27(15-13-26)22(28-24)25-18(2)20-6-8-21(23)9-7-20/h3-9,16H,2,10-15,24H2,1H3. The summed E-state index contributed by atoms with van der Waals surface area (Å²) in [6.45, 7) is 11.2. The molecule has 0 aliphatic carbocycles. The Hall–Kier alpha value is -1.79. The number of aryl methyl sites for hydroxylation is 1. The first-order valence-electron chi connectivity index (χ1n) is 9.48. The molecule has 4 nitrogen and oxygen atoms in total. The molecule has 0 spiro atoms. The smallest absolute Gasteiger partial charge is 0.179 e. The number of amidine groups is 1. The zero-order valence-corrected chi connectivity index (χ0v) is 17.8. The summed E-state index contributed by atoms with van der Waals surface area (Å²) in [4.78, 5) is 9.42. The highest BCUT2D eigenvalue weighted by Gasteiger charge is 2.20. The number of aliphatic imine (C=N–C) groups is 1. The van der Waals surface area contributed by atoms with Crippen LogP contribution in [0.4, 0.5) is 0 Å². The van der Waals surface area contributed by atoms with Gasteiger partial charge in [0.05, 0.1) is 5.70 Å². The molecular weight excluding hydrogens is 388 g/mol. The Bertz CT molecular complexity index is 827. The van der Waals surface area contributed by atoms with E-state index >= 15 is 0 Å². The minimum absolute atomic E-state index is 0.700. The molecule has 2 aromatic carbocycles. The number of hydrogen-bond donors (Lipinski definition) is 1. The normalized spacial score (nSPS) is 15.7.